The molecule has 0 atom stereocenters. The maximum atomic E-state index is 10.0. The lowest BCUT2D eigenvalue weighted by atomic mass is 10.1. The fourth-order valence-electron chi connectivity index (χ4n) is 1.45. The molecule has 0 fully saturated rings. The maximum Gasteiger partial charge on any atom is 0.185 e. The highest BCUT2D eigenvalue weighted by Gasteiger charge is 1.85. The quantitative estimate of drug-likeness (QED) is 0.789. The number of hydrogen-bond acceptors (Lipinski definition) is 4. The first kappa shape index (κ1) is 19.6. The predicted molar refractivity (Wildman–Crippen MR) is 91.6 cm³/mol. The average Bonchev–Trinajstić information content (AvgIpc) is 2.49. The molecule has 3 nitrogen and oxygen atoms in total. The van der Waals surface area contributed by atoms with Gasteiger partial charge in [0.05, 0.1) is 0 Å². The van der Waals surface area contributed by atoms with Gasteiger partial charge in [-0.1, -0.05) is 67.2 Å². The molecule has 2 aromatic rings. The Kier molecular flexibility index (Phi) is 12.7. The van der Waals surface area contributed by atoms with Gasteiger partial charge in [-0.3, -0.25) is 4.79 Å². The summed E-state index contributed by atoms with van der Waals surface area (Å²) in [6.07, 6.45) is 0. The van der Waals surface area contributed by atoms with E-state index >= 15 is 0 Å². The molecule has 0 saturated heterocycles. The van der Waals surface area contributed by atoms with Gasteiger partial charge in [0.2, 0.25) is 0 Å². The highest BCUT2D eigenvalue weighted by atomic mass is 32.2. The number of hydrogen-bond donors (Lipinski definition) is 0. The van der Waals surface area contributed by atoms with E-state index in [-0.39, 0.29) is 5.12 Å². The molecule has 0 amide bonds. The molecule has 2 rings (SSSR count). The van der Waals surface area contributed by atoms with Crippen molar-refractivity contribution in [2.45, 2.75) is 13.8 Å². The molecule has 0 N–H and O–H groups in total. The summed E-state index contributed by atoms with van der Waals surface area (Å²) in [6, 6.07) is 16.7. The lowest BCUT2D eigenvalue weighted by molar-refractivity contribution is -0.109. The topological polar surface area (TPSA) is 35.5 Å². The second-order valence-corrected chi connectivity index (χ2v) is 5.41. The number of thioether (sulfide) groups is 1. The summed E-state index contributed by atoms with van der Waals surface area (Å²) in [4.78, 5) is 10.0. The average molecular weight is 308 g/mol. The largest absolute Gasteiger partial charge is 0.359 e. The van der Waals surface area contributed by atoms with E-state index in [2.05, 4.69) is 58.0 Å². The van der Waals surface area contributed by atoms with E-state index in [1.165, 1.54) is 22.5 Å². The maximum absolute atomic E-state index is 10.0. The molecule has 21 heavy (non-hydrogen) atoms. The van der Waals surface area contributed by atoms with Crippen LogP contribution in [0, 0.1) is 0 Å². The van der Waals surface area contributed by atoms with Crippen molar-refractivity contribution in [3.8, 4) is 0 Å². The van der Waals surface area contributed by atoms with Gasteiger partial charge in [-0.2, -0.15) is 0 Å². The Labute approximate surface area is 131 Å². The predicted octanol–water partition coefficient (Wildman–Crippen LogP) is 4.36. The first-order chi connectivity index (χ1) is 10.2. The van der Waals surface area contributed by atoms with Crippen molar-refractivity contribution in [2.24, 2.45) is 0 Å². The van der Waals surface area contributed by atoms with Gasteiger partial charge in [-0.15, -0.1) is 0 Å². The third kappa shape index (κ3) is 11.0. The molecule has 0 bridgehead atoms. The van der Waals surface area contributed by atoms with Crippen LogP contribution in [0.2, 0.25) is 0 Å². The fraction of sp³-hybridized carbons (Fsp3) is 0.353. The summed E-state index contributed by atoms with van der Waals surface area (Å²) >= 11 is 1.35. The lowest BCUT2D eigenvalue weighted by Gasteiger charge is -1.92. The van der Waals surface area contributed by atoms with E-state index in [1.807, 2.05) is 6.92 Å². The summed E-state index contributed by atoms with van der Waals surface area (Å²) in [5, 5.41) is 2.83. The molecule has 0 saturated carbocycles. The number of rotatable bonds is 3. The van der Waals surface area contributed by atoms with E-state index in [9.17, 15) is 4.79 Å². The SMILES string of the molecule is CCSC(C)=O.COCOC.c1ccc2ccccc2c1. The Balaban J connectivity index is 0.000000317. The fourth-order valence-corrected chi connectivity index (χ4v) is 1.86. The third-order valence-electron chi connectivity index (χ3n) is 2.24. The molecular formula is C17H24O3S. The minimum atomic E-state index is 0.206. The minimum absolute atomic E-state index is 0.206. The standard InChI is InChI=1S/C10H8.C4H8OS.C3H8O2/c1-2-6-10-8-4-3-7-9(10)5-1;1-3-6-4(2)5;1-4-3-5-2/h1-8H;3H2,1-2H3;3H2,1-2H3. The van der Waals surface area contributed by atoms with Gasteiger partial charge < -0.3 is 9.47 Å². The van der Waals surface area contributed by atoms with Gasteiger partial charge in [-0.05, 0) is 16.5 Å². The summed E-state index contributed by atoms with van der Waals surface area (Å²) in [7, 11) is 3.17. The Bertz CT molecular complexity index is 433. The first-order valence-electron chi connectivity index (χ1n) is 6.70. The van der Waals surface area contributed by atoms with Crippen molar-refractivity contribution < 1.29 is 14.3 Å². The number of carbonyl (C=O) groups excluding carboxylic acids is 1. The van der Waals surface area contributed by atoms with Crippen LogP contribution in [-0.4, -0.2) is 31.9 Å². The number of ether oxygens (including phenoxy) is 2. The number of benzene rings is 2. The molecule has 0 heterocycles. The molecule has 0 spiro atoms. The summed E-state index contributed by atoms with van der Waals surface area (Å²) in [5.41, 5.74) is 0. The molecule has 0 radical (unpaired) electrons. The van der Waals surface area contributed by atoms with Crippen LogP contribution < -0.4 is 0 Å². The van der Waals surface area contributed by atoms with Crippen LogP contribution in [0.4, 0.5) is 0 Å². The van der Waals surface area contributed by atoms with Crippen LogP contribution in [0.25, 0.3) is 10.8 Å². The lowest BCUT2D eigenvalue weighted by Crippen LogP contribution is -1.87. The van der Waals surface area contributed by atoms with E-state index in [0.717, 1.165) is 5.75 Å². The van der Waals surface area contributed by atoms with E-state index in [0.29, 0.717) is 6.79 Å². The molecule has 0 unspecified atom stereocenters. The molecule has 0 aromatic heterocycles. The van der Waals surface area contributed by atoms with Crippen LogP contribution in [0.3, 0.4) is 0 Å². The Morgan fingerprint density at radius 1 is 0.952 bits per heavy atom. The summed E-state index contributed by atoms with van der Waals surface area (Å²) < 4.78 is 8.94. The van der Waals surface area contributed by atoms with Gasteiger partial charge in [0.25, 0.3) is 0 Å². The van der Waals surface area contributed by atoms with E-state index in [1.54, 1.807) is 21.1 Å². The van der Waals surface area contributed by atoms with Gasteiger partial charge >= 0.3 is 0 Å². The minimum Gasteiger partial charge on any atom is -0.359 e. The van der Waals surface area contributed by atoms with Crippen LogP contribution in [-0.2, 0) is 14.3 Å². The second-order valence-electron chi connectivity index (χ2n) is 3.97. The number of methoxy groups -OCH3 is 2. The first-order valence-corrected chi connectivity index (χ1v) is 7.69. The third-order valence-corrected chi connectivity index (χ3v) is 2.94. The van der Waals surface area contributed by atoms with E-state index in [4.69, 9.17) is 0 Å². The van der Waals surface area contributed by atoms with Crippen LogP contribution >= 0.6 is 11.8 Å². The van der Waals surface area contributed by atoms with Gasteiger partial charge in [0, 0.05) is 21.1 Å². The zero-order valence-corrected chi connectivity index (χ0v) is 14.0. The van der Waals surface area contributed by atoms with Crippen molar-refractivity contribution in [3.63, 3.8) is 0 Å². The van der Waals surface area contributed by atoms with Crippen molar-refractivity contribution >= 4 is 27.6 Å². The van der Waals surface area contributed by atoms with E-state index < -0.39 is 0 Å². The zero-order valence-electron chi connectivity index (χ0n) is 13.2. The molecule has 2 aromatic carbocycles. The molecular weight excluding hydrogens is 284 g/mol. The normalized spacial score (nSPS) is 9.14. The van der Waals surface area contributed by atoms with Crippen molar-refractivity contribution in [1.82, 2.24) is 0 Å². The Hall–Kier alpha value is -1.36. The van der Waals surface area contributed by atoms with Gasteiger partial charge in [0.1, 0.15) is 6.79 Å². The van der Waals surface area contributed by atoms with Crippen LogP contribution in [0.15, 0.2) is 48.5 Å². The van der Waals surface area contributed by atoms with Gasteiger partial charge in [0.15, 0.2) is 5.12 Å². The molecule has 0 aliphatic heterocycles. The van der Waals surface area contributed by atoms with Gasteiger partial charge in [-0.25, -0.2) is 0 Å². The Morgan fingerprint density at radius 2 is 1.33 bits per heavy atom. The van der Waals surface area contributed by atoms with Crippen LogP contribution in [0.5, 0.6) is 0 Å². The summed E-state index contributed by atoms with van der Waals surface area (Å²) in [6.45, 7) is 3.93. The highest BCUT2D eigenvalue weighted by Crippen LogP contribution is 2.11. The second kappa shape index (κ2) is 13.6. The smallest absolute Gasteiger partial charge is 0.185 e. The van der Waals surface area contributed by atoms with Crippen LogP contribution in [0.1, 0.15) is 13.8 Å². The highest BCUT2D eigenvalue weighted by molar-refractivity contribution is 8.13. The molecule has 4 heteroatoms. The number of carbonyl (C=O) groups is 1. The van der Waals surface area contributed by atoms with Crippen molar-refractivity contribution in [1.29, 1.82) is 0 Å². The molecule has 0 aliphatic rings. The molecule has 116 valence electrons. The van der Waals surface area contributed by atoms with Crippen molar-refractivity contribution in [3.05, 3.63) is 48.5 Å². The molecule has 0 aliphatic carbocycles. The van der Waals surface area contributed by atoms with Crippen molar-refractivity contribution in [2.75, 3.05) is 26.8 Å². The number of fused-ring (bicyclic) bond motifs is 1. The Morgan fingerprint density at radius 3 is 1.48 bits per heavy atom. The summed E-state index contributed by atoms with van der Waals surface area (Å²) in [5.74, 6) is 0.898. The monoisotopic (exact) mass is 308 g/mol. The zero-order chi connectivity index (χ0) is 15.9.